The largest absolute Gasteiger partial charge is 0.358 e. The zero-order valence-corrected chi connectivity index (χ0v) is 16.8. The topological polar surface area (TPSA) is 73.5 Å². The summed E-state index contributed by atoms with van der Waals surface area (Å²) in [6, 6.07) is 15.3. The van der Waals surface area contributed by atoms with Gasteiger partial charge in [-0.3, -0.25) is 9.10 Å². The molecule has 28 heavy (non-hydrogen) atoms. The Hall–Kier alpha value is -2.80. The van der Waals surface area contributed by atoms with Crippen LogP contribution in [0.1, 0.15) is 16.8 Å². The van der Waals surface area contributed by atoms with E-state index in [2.05, 4.69) is 11.1 Å². The van der Waals surface area contributed by atoms with Crippen LogP contribution in [-0.2, 0) is 27.8 Å². The van der Waals surface area contributed by atoms with E-state index in [9.17, 15) is 13.2 Å². The van der Waals surface area contributed by atoms with Gasteiger partial charge in [0.2, 0.25) is 15.9 Å². The Morgan fingerprint density at radius 1 is 1.14 bits per heavy atom. The summed E-state index contributed by atoms with van der Waals surface area (Å²) in [5.74, 6) is -0.190. The first kappa shape index (κ1) is 18.6. The second-order valence-electron chi connectivity index (χ2n) is 7.25. The highest BCUT2D eigenvalue weighted by atomic mass is 32.2. The van der Waals surface area contributed by atoms with Gasteiger partial charge in [0.15, 0.2) is 0 Å². The highest BCUT2D eigenvalue weighted by Gasteiger charge is 2.28. The zero-order chi connectivity index (χ0) is 19.9. The number of hydrogen-bond donors (Lipinski definition) is 1. The molecule has 0 saturated heterocycles. The number of fused-ring (bicyclic) bond motifs is 3. The number of hydrogen-bond acceptors (Lipinski definition) is 3. The number of nitrogens with zero attached hydrogens (tertiary/aromatic N) is 2. The van der Waals surface area contributed by atoms with Gasteiger partial charge in [0, 0.05) is 41.7 Å². The Kier molecular flexibility index (Phi) is 4.63. The number of para-hydroxylation sites is 2. The Morgan fingerprint density at radius 3 is 2.61 bits per heavy atom. The van der Waals surface area contributed by atoms with Gasteiger partial charge < -0.3 is 9.88 Å². The van der Waals surface area contributed by atoms with Crippen LogP contribution in [0.3, 0.4) is 0 Å². The first-order chi connectivity index (χ1) is 13.3. The maximum atomic E-state index is 13.0. The quantitative estimate of drug-likeness (QED) is 0.736. The predicted octanol–water partition coefficient (Wildman–Crippen LogP) is 2.83. The van der Waals surface area contributed by atoms with Crippen molar-refractivity contribution in [2.24, 2.45) is 0 Å². The van der Waals surface area contributed by atoms with Gasteiger partial charge in [-0.25, -0.2) is 8.42 Å². The number of sulfonamides is 1. The van der Waals surface area contributed by atoms with Crippen LogP contribution in [0.5, 0.6) is 0 Å². The van der Waals surface area contributed by atoms with Crippen LogP contribution in [-0.4, -0.2) is 43.6 Å². The van der Waals surface area contributed by atoms with E-state index in [0.717, 1.165) is 40.4 Å². The first-order valence-electron chi connectivity index (χ1n) is 9.24. The van der Waals surface area contributed by atoms with Crippen molar-refractivity contribution in [3.63, 3.8) is 0 Å². The van der Waals surface area contributed by atoms with E-state index < -0.39 is 10.0 Å². The molecule has 4 rings (SSSR count). The van der Waals surface area contributed by atoms with E-state index in [1.165, 1.54) is 4.31 Å². The van der Waals surface area contributed by atoms with Crippen molar-refractivity contribution in [3.8, 4) is 0 Å². The van der Waals surface area contributed by atoms with Crippen LogP contribution in [0.15, 0.2) is 48.5 Å². The molecular weight excluding hydrogens is 374 g/mol. The van der Waals surface area contributed by atoms with Crippen molar-refractivity contribution in [3.05, 3.63) is 65.4 Å². The van der Waals surface area contributed by atoms with Gasteiger partial charge in [0.1, 0.15) is 6.54 Å². The number of aromatic nitrogens is 1. The van der Waals surface area contributed by atoms with Crippen molar-refractivity contribution >= 4 is 32.5 Å². The van der Waals surface area contributed by atoms with Gasteiger partial charge in [0.05, 0.1) is 11.9 Å². The Balaban J connectivity index is 1.60. The average molecular weight is 398 g/mol. The highest BCUT2D eigenvalue weighted by molar-refractivity contribution is 7.92. The molecule has 6 nitrogen and oxygen atoms in total. The number of rotatable bonds is 4. The number of benzene rings is 2. The summed E-state index contributed by atoms with van der Waals surface area (Å²) >= 11 is 0. The standard InChI is InChI=1S/C21H23N3O3S/c1-15-7-3-6-10-20(15)24(28(2,26)27)14-21(25)23-12-11-19-17(13-23)16-8-4-5-9-18(16)22-19/h3-10,22H,11-14H2,1-2H3. The monoisotopic (exact) mass is 397 g/mol. The molecule has 0 aliphatic carbocycles. The molecule has 2 heterocycles. The third-order valence-electron chi connectivity index (χ3n) is 5.30. The lowest BCUT2D eigenvalue weighted by Crippen LogP contribution is -2.44. The van der Waals surface area contributed by atoms with E-state index in [-0.39, 0.29) is 12.5 Å². The number of anilines is 1. The molecule has 0 saturated carbocycles. The van der Waals surface area contributed by atoms with E-state index in [1.807, 2.05) is 37.3 Å². The molecule has 1 aliphatic heterocycles. The van der Waals surface area contributed by atoms with Crippen LogP contribution in [0.25, 0.3) is 10.9 Å². The summed E-state index contributed by atoms with van der Waals surface area (Å²) in [5.41, 5.74) is 4.71. The molecule has 0 atom stereocenters. The van der Waals surface area contributed by atoms with Crippen LogP contribution >= 0.6 is 0 Å². The van der Waals surface area contributed by atoms with Crippen LogP contribution in [0, 0.1) is 6.92 Å². The first-order valence-corrected chi connectivity index (χ1v) is 11.1. The van der Waals surface area contributed by atoms with Gasteiger partial charge in [0.25, 0.3) is 0 Å². The number of carbonyl (C=O) groups excluding carboxylic acids is 1. The normalized spacial score (nSPS) is 14.1. The zero-order valence-electron chi connectivity index (χ0n) is 16.0. The van der Waals surface area contributed by atoms with Crippen LogP contribution in [0.4, 0.5) is 5.69 Å². The lowest BCUT2D eigenvalue weighted by Gasteiger charge is -2.30. The minimum atomic E-state index is -3.58. The predicted molar refractivity (Wildman–Crippen MR) is 111 cm³/mol. The van der Waals surface area contributed by atoms with E-state index in [1.54, 1.807) is 17.0 Å². The summed E-state index contributed by atoms with van der Waals surface area (Å²) in [4.78, 5) is 18.2. The minimum absolute atomic E-state index is 0.190. The molecule has 1 N–H and O–H groups in total. The van der Waals surface area contributed by atoms with E-state index in [4.69, 9.17) is 0 Å². The van der Waals surface area contributed by atoms with Crippen molar-refractivity contribution in [2.75, 3.05) is 23.7 Å². The smallest absolute Gasteiger partial charge is 0.243 e. The number of nitrogens with one attached hydrogen (secondary N) is 1. The molecule has 0 spiro atoms. The molecule has 0 unspecified atom stereocenters. The number of carbonyl (C=O) groups is 1. The van der Waals surface area contributed by atoms with Crippen LogP contribution < -0.4 is 4.31 Å². The molecule has 3 aromatic rings. The highest BCUT2D eigenvalue weighted by Crippen LogP contribution is 2.28. The third kappa shape index (κ3) is 3.38. The van der Waals surface area contributed by atoms with E-state index >= 15 is 0 Å². The van der Waals surface area contributed by atoms with Gasteiger partial charge in [-0.1, -0.05) is 36.4 Å². The van der Waals surface area contributed by atoms with Gasteiger partial charge >= 0.3 is 0 Å². The van der Waals surface area contributed by atoms with Gasteiger partial charge in [-0.15, -0.1) is 0 Å². The summed E-state index contributed by atoms with van der Waals surface area (Å²) in [7, 11) is -3.58. The van der Waals surface area contributed by atoms with Gasteiger partial charge in [-0.05, 0) is 24.6 Å². The Labute approximate surface area is 164 Å². The molecule has 0 bridgehead atoms. The summed E-state index contributed by atoms with van der Waals surface area (Å²) in [6.07, 6.45) is 1.87. The van der Waals surface area contributed by atoms with E-state index in [0.29, 0.717) is 18.8 Å². The fourth-order valence-corrected chi connectivity index (χ4v) is 4.73. The molecular formula is C21H23N3O3S. The van der Waals surface area contributed by atoms with Crippen molar-refractivity contribution in [1.29, 1.82) is 0 Å². The SMILES string of the molecule is Cc1ccccc1N(CC(=O)N1CCc2[nH]c3ccccc3c2C1)S(C)(=O)=O. The second-order valence-corrected chi connectivity index (χ2v) is 9.16. The molecule has 1 amide bonds. The number of aryl methyl sites for hydroxylation is 1. The maximum Gasteiger partial charge on any atom is 0.243 e. The molecule has 2 aromatic carbocycles. The maximum absolute atomic E-state index is 13.0. The molecule has 7 heteroatoms. The molecule has 1 aliphatic rings. The third-order valence-corrected chi connectivity index (χ3v) is 6.43. The lowest BCUT2D eigenvalue weighted by molar-refractivity contribution is -0.130. The average Bonchev–Trinajstić information content (AvgIpc) is 3.03. The van der Waals surface area contributed by atoms with Crippen molar-refractivity contribution in [2.45, 2.75) is 19.9 Å². The summed E-state index contributed by atoms with van der Waals surface area (Å²) < 4.78 is 26.0. The molecule has 1 aromatic heterocycles. The molecule has 0 fully saturated rings. The van der Waals surface area contributed by atoms with Crippen molar-refractivity contribution in [1.82, 2.24) is 9.88 Å². The molecule has 146 valence electrons. The number of H-pyrrole nitrogens is 1. The fourth-order valence-electron chi connectivity index (χ4n) is 3.83. The van der Waals surface area contributed by atoms with Gasteiger partial charge in [-0.2, -0.15) is 0 Å². The number of aromatic amines is 1. The second kappa shape index (κ2) is 6.98. The fraction of sp³-hybridized carbons (Fsp3) is 0.286. The van der Waals surface area contributed by atoms with Crippen LogP contribution in [0.2, 0.25) is 0 Å². The van der Waals surface area contributed by atoms with Crippen molar-refractivity contribution < 1.29 is 13.2 Å². The summed E-state index contributed by atoms with van der Waals surface area (Å²) in [5, 5.41) is 1.12. The Bertz CT molecular complexity index is 1150. The summed E-state index contributed by atoms with van der Waals surface area (Å²) in [6.45, 7) is 2.71. The molecule has 0 radical (unpaired) electrons. The Morgan fingerprint density at radius 2 is 1.86 bits per heavy atom. The minimum Gasteiger partial charge on any atom is -0.358 e. The number of amides is 1. The lowest BCUT2D eigenvalue weighted by atomic mass is 10.0.